The van der Waals surface area contributed by atoms with E-state index in [1.807, 2.05) is 12.1 Å². The topological polar surface area (TPSA) is 52.6 Å². The lowest BCUT2D eigenvalue weighted by molar-refractivity contribution is -0.163. The SMILES string of the molecule is CCOC(=O)C(C)(C(=O)OCC)c1ccc(CBr)cc1. The summed E-state index contributed by atoms with van der Waals surface area (Å²) in [5.74, 6) is -1.19. The van der Waals surface area contributed by atoms with Gasteiger partial charge in [-0.25, -0.2) is 0 Å². The highest BCUT2D eigenvalue weighted by molar-refractivity contribution is 9.08. The van der Waals surface area contributed by atoms with Crippen LogP contribution in [0.4, 0.5) is 0 Å². The molecular weight excluding hydrogens is 324 g/mol. The second-order valence-electron chi connectivity index (χ2n) is 4.40. The van der Waals surface area contributed by atoms with Crippen LogP contribution in [-0.4, -0.2) is 25.2 Å². The summed E-state index contributed by atoms with van der Waals surface area (Å²) in [7, 11) is 0. The van der Waals surface area contributed by atoms with Crippen molar-refractivity contribution in [1.29, 1.82) is 0 Å². The third kappa shape index (κ3) is 3.39. The fraction of sp³-hybridized carbons (Fsp3) is 0.467. The molecule has 0 aliphatic carbocycles. The van der Waals surface area contributed by atoms with Crippen LogP contribution in [-0.2, 0) is 29.8 Å². The quantitative estimate of drug-likeness (QED) is 0.453. The molecule has 4 nitrogen and oxygen atoms in total. The lowest BCUT2D eigenvalue weighted by atomic mass is 9.82. The van der Waals surface area contributed by atoms with Crippen LogP contribution >= 0.6 is 15.9 Å². The fourth-order valence-corrected chi connectivity index (χ4v) is 2.17. The Hall–Kier alpha value is -1.36. The Morgan fingerprint density at radius 2 is 1.50 bits per heavy atom. The van der Waals surface area contributed by atoms with E-state index < -0.39 is 17.4 Å². The molecule has 1 aromatic carbocycles. The van der Waals surface area contributed by atoms with Crippen LogP contribution in [0.25, 0.3) is 0 Å². The Morgan fingerprint density at radius 3 is 1.85 bits per heavy atom. The number of alkyl halides is 1. The van der Waals surface area contributed by atoms with Crippen LogP contribution in [0.3, 0.4) is 0 Å². The van der Waals surface area contributed by atoms with Crippen molar-refractivity contribution >= 4 is 27.9 Å². The van der Waals surface area contributed by atoms with Crippen LogP contribution in [0.2, 0.25) is 0 Å². The first kappa shape index (κ1) is 16.7. The molecule has 5 heteroatoms. The monoisotopic (exact) mass is 342 g/mol. The lowest BCUT2D eigenvalue weighted by Crippen LogP contribution is -2.43. The summed E-state index contributed by atoms with van der Waals surface area (Å²) in [5, 5.41) is 0.711. The molecule has 0 saturated carbocycles. The first-order chi connectivity index (χ1) is 9.50. The predicted octanol–water partition coefficient (Wildman–Crippen LogP) is 2.97. The normalized spacial score (nSPS) is 11.0. The first-order valence-electron chi connectivity index (χ1n) is 6.50. The predicted molar refractivity (Wildman–Crippen MR) is 79.7 cm³/mol. The molecule has 0 saturated heterocycles. The summed E-state index contributed by atoms with van der Waals surface area (Å²) in [6.07, 6.45) is 0. The lowest BCUT2D eigenvalue weighted by Gasteiger charge is -2.25. The molecule has 1 rings (SSSR count). The second kappa shape index (κ2) is 7.43. The van der Waals surface area contributed by atoms with Crippen molar-refractivity contribution in [3.63, 3.8) is 0 Å². The number of hydrogen-bond donors (Lipinski definition) is 0. The van der Waals surface area contributed by atoms with Crippen molar-refractivity contribution in [1.82, 2.24) is 0 Å². The Bertz CT molecular complexity index is 449. The largest absolute Gasteiger partial charge is 0.465 e. The maximum absolute atomic E-state index is 12.2. The third-order valence-corrected chi connectivity index (χ3v) is 3.70. The molecule has 0 radical (unpaired) electrons. The van der Waals surface area contributed by atoms with E-state index in [9.17, 15) is 9.59 Å². The number of ether oxygens (including phenoxy) is 2. The highest BCUT2D eigenvalue weighted by atomic mass is 79.9. The summed E-state index contributed by atoms with van der Waals surface area (Å²) in [5.41, 5.74) is 0.194. The molecule has 110 valence electrons. The van der Waals surface area contributed by atoms with Crippen molar-refractivity contribution < 1.29 is 19.1 Å². The Balaban J connectivity index is 3.20. The summed E-state index contributed by atoms with van der Waals surface area (Å²) < 4.78 is 10.1. The maximum atomic E-state index is 12.2. The number of hydrogen-bond acceptors (Lipinski definition) is 4. The molecule has 0 aliphatic heterocycles. The van der Waals surface area contributed by atoms with Gasteiger partial charge in [0.2, 0.25) is 0 Å². The van der Waals surface area contributed by atoms with Crippen LogP contribution in [0, 0.1) is 0 Å². The van der Waals surface area contributed by atoms with Crippen LogP contribution < -0.4 is 0 Å². The Morgan fingerprint density at radius 1 is 1.05 bits per heavy atom. The van der Waals surface area contributed by atoms with Crippen LogP contribution in [0.5, 0.6) is 0 Å². The van der Waals surface area contributed by atoms with Gasteiger partial charge in [0.15, 0.2) is 5.41 Å². The summed E-state index contributed by atoms with van der Waals surface area (Å²) in [6.45, 7) is 5.38. The van der Waals surface area contributed by atoms with Gasteiger partial charge in [-0.15, -0.1) is 0 Å². The van der Waals surface area contributed by atoms with Crippen molar-refractivity contribution in [3.05, 3.63) is 35.4 Å². The standard InChI is InChI=1S/C15H19BrO4/c1-4-19-13(17)15(3,14(18)20-5-2)12-8-6-11(10-16)7-9-12/h6-9H,4-5,10H2,1-3H3. The third-order valence-electron chi connectivity index (χ3n) is 3.05. The van der Waals surface area contributed by atoms with E-state index in [0.717, 1.165) is 5.56 Å². The molecule has 0 N–H and O–H groups in total. The van der Waals surface area contributed by atoms with Gasteiger partial charge in [0, 0.05) is 5.33 Å². The minimum absolute atomic E-state index is 0.216. The average molecular weight is 343 g/mol. The van der Waals surface area contributed by atoms with E-state index in [4.69, 9.17) is 9.47 Å². The van der Waals surface area contributed by atoms with Gasteiger partial charge < -0.3 is 9.47 Å². The van der Waals surface area contributed by atoms with Crippen molar-refractivity contribution in [2.24, 2.45) is 0 Å². The average Bonchev–Trinajstić information content (AvgIpc) is 2.47. The molecule has 0 atom stereocenters. The Kier molecular flexibility index (Phi) is 6.20. The maximum Gasteiger partial charge on any atom is 0.327 e. The van der Waals surface area contributed by atoms with Gasteiger partial charge in [-0.2, -0.15) is 0 Å². The highest BCUT2D eigenvalue weighted by Gasteiger charge is 2.46. The minimum Gasteiger partial charge on any atom is -0.465 e. The molecule has 1 aromatic rings. The first-order valence-corrected chi connectivity index (χ1v) is 7.62. The van der Waals surface area contributed by atoms with E-state index in [0.29, 0.717) is 10.9 Å². The van der Waals surface area contributed by atoms with E-state index in [-0.39, 0.29) is 13.2 Å². The number of benzene rings is 1. The molecule has 0 aliphatic rings. The van der Waals surface area contributed by atoms with Crippen LogP contribution in [0.15, 0.2) is 24.3 Å². The zero-order valence-electron chi connectivity index (χ0n) is 11.9. The number of carbonyl (C=O) groups is 2. The smallest absolute Gasteiger partial charge is 0.327 e. The molecular formula is C15H19BrO4. The van der Waals surface area contributed by atoms with E-state index in [1.54, 1.807) is 26.0 Å². The van der Waals surface area contributed by atoms with E-state index >= 15 is 0 Å². The van der Waals surface area contributed by atoms with E-state index in [2.05, 4.69) is 15.9 Å². The number of carbonyl (C=O) groups excluding carboxylic acids is 2. The van der Waals surface area contributed by atoms with Gasteiger partial charge in [0.25, 0.3) is 0 Å². The van der Waals surface area contributed by atoms with Crippen molar-refractivity contribution in [2.75, 3.05) is 13.2 Å². The van der Waals surface area contributed by atoms with Crippen molar-refractivity contribution in [2.45, 2.75) is 31.5 Å². The molecule has 0 fully saturated rings. The molecule has 0 heterocycles. The van der Waals surface area contributed by atoms with Gasteiger partial charge in [-0.3, -0.25) is 9.59 Å². The Labute approximate surface area is 127 Å². The van der Waals surface area contributed by atoms with Gasteiger partial charge >= 0.3 is 11.9 Å². The summed E-state index contributed by atoms with van der Waals surface area (Å²) in [4.78, 5) is 24.4. The summed E-state index contributed by atoms with van der Waals surface area (Å²) >= 11 is 3.36. The molecule has 20 heavy (non-hydrogen) atoms. The second-order valence-corrected chi connectivity index (χ2v) is 4.96. The molecule has 0 spiro atoms. The number of esters is 2. The molecule has 0 aromatic heterocycles. The van der Waals surface area contributed by atoms with Gasteiger partial charge in [0.05, 0.1) is 13.2 Å². The van der Waals surface area contributed by atoms with E-state index in [1.165, 1.54) is 6.92 Å². The molecule has 0 unspecified atom stereocenters. The summed E-state index contributed by atoms with van der Waals surface area (Å²) in [6, 6.07) is 7.23. The zero-order chi connectivity index (χ0) is 15.2. The number of halogens is 1. The fourth-order valence-electron chi connectivity index (χ4n) is 1.80. The molecule has 0 bridgehead atoms. The number of rotatable bonds is 6. The van der Waals surface area contributed by atoms with Gasteiger partial charge in [-0.1, -0.05) is 40.2 Å². The van der Waals surface area contributed by atoms with Gasteiger partial charge in [0.1, 0.15) is 0 Å². The minimum atomic E-state index is -1.43. The van der Waals surface area contributed by atoms with Gasteiger partial charge in [-0.05, 0) is 31.9 Å². The molecule has 0 amide bonds. The highest BCUT2D eigenvalue weighted by Crippen LogP contribution is 2.28. The zero-order valence-corrected chi connectivity index (χ0v) is 13.5. The van der Waals surface area contributed by atoms with Crippen LogP contribution in [0.1, 0.15) is 31.9 Å². The van der Waals surface area contributed by atoms with Crippen molar-refractivity contribution in [3.8, 4) is 0 Å².